The highest BCUT2D eigenvalue weighted by Crippen LogP contribution is 2.45. The normalized spacial score (nSPS) is 29.6. The van der Waals surface area contributed by atoms with Crippen molar-refractivity contribution in [3.8, 4) is 0 Å². The maximum Gasteiger partial charge on any atom is 0.303 e. The Hall–Kier alpha value is -2.06. The lowest BCUT2D eigenvalue weighted by atomic mass is 10.0. The molecule has 2 aliphatic heterocycles. The molecule has 142 valence electrons. The summed E-state index contributed by atoms with van der Waals surface area (Å²) in [5, 5.41) is 8.98. The zero-order chi connectivity index (χ0) is 18.6. The van der Waals surface area contributed by atoms with E-state index in [4.69, 9.17) is 5.11 Å². The van der Waals surface area contributed by atoms with Crippen molar-refractivity contribution in [3.05, 3.63) is 11.3 Å². The van der Waals surface area contributed by atoms with Crippen LogP contribution in [-0.2, 0) is 17.1 Å². The maximum atomic E-state index is 14.3. The molecule has 0 radical (unpaired) electrons. The molecule has 1 aliphatic carbocycles. The number of alkyl halides is 3. The third-order valence-electron chi connectivity index (χ3n) is 5.70. The average molecular weight is 370 g/mol. The van der Waals surface area contributed by atoms with Gasteiger partial charge in [-0.2, -0.15) is 13.8 Å². The van der Waals surface area contributed by atoms with Gasteiger partial charge in [-0.05, 0) is 25.7 Å². The Labute approximate surface area is 149 Å². The molecule has 9 heteroatoms. The molecule has 26 heavy (non-hydrogen) atoms. The number of anilines is 2. The first-order valence-electron chi connectivity index (χ1n) is 8.93. The second-order valence-corrected chi connectivity index (χ2v) is 7.49. The Balaban J connectivity index is 1.68. The van der Waals surface area contributed by atoms with E-state index in [9.17, 15) is 18.0 Å². The fourth-order valence-corrected chi connectivity index (χ4v) is 4.05. The minimum atomic E-state index is -3.01. The molecule has 1 aromatic rings. The van der Waals surface area contributed by atoms with Gasteiger partial charge in [0.25, 0.3) is 5.92 Å². The molecule has 2 fully saturated rings. The topological polar surface area (TPSA) is 69.6 Å². The first kappa shape index (κ1) is 17.4. The van der Waals surface area contributed by atoms with Crippen LogP contribution >= 0.6 is 0 Å². The fourth-order valence-electron chi connectivity index (χ4n) is 4.05. The van der Waals surface area contributed by atoms with E-state index in [0.29, 0.717) is 30.9 Å². The maximum absolute atomic E-state index is 14.3. The van der Waals surface area contributed by atoms with E-state index in [2.05, 4.69) is 9.97 Å². The number of aliphatic carboxylic acids is 1. The van der Waals surface area contributed by atoms with Crippen LogP contribution in [0, 0.1) is 5.92 Å². The molecule has 0 bridgehead atoms. The predicted octanol–water partition coefficient (Wildman–Crippen LogP) is 2.36. The number of carboxylic acid groups (broad SMARTS) is 1. The summed E-state index contributed by atoms with van der Waals surface area (Å²) >= 11 is 0. The van der Waals surface area contributed by atoms with Crippen LogP contribution in [-0.4, -0.2) is 52.9 Å². The lowest BCUT2D eigenvalue weighted by molar-refractivity contribution is -0.137. The zero-order valence-electron chi connectivity index (χ0n) is 14.5. The van der Waals surface area contributed by atoms with Crippen molar-refractivity contribution < 1.29 is 23.1 Å². The van der Waals surface area contributed by atoms with E-state index in [-0.39, 0.29) is 43.4 Å². The second-order valence-electron chi connectivity index (χ2n) is 7.49. The molecule has 4 rings (SSSR count). The van der Waals surface area contributed by atoms with Crippen LogP contribution in [0.15, 0.2) is 0 Å². The van der Waals surface area contributed by atoms with Gasteiger partial charge in [-0.15, -0.1) is 0 Å². The Morgan fingerprint density at radius 2 is 2.12 bits per heavy atom. The summed E-state index contributed by atoms with van der Waals surface area (Å²) in [7, 11) is 0. The molecule has 0 aromatic carbocycles. The first-order chi connectivity index (χ1) is 12.3. The Kier molecular flexibility index (Phi) is 4.00. The van der Waals surface area contributed by atoms with Crippen LogP contribution in [0.1, 0.15) is 37.4 Å². The number of rotatable bonds is 4. The second kappa shape index (κ2) is 5.99. The van der Waals surface area contributed by atoms with Gasteiger partial charge in [0.15, 0.2) is 0 Å². The minimum Gasteiger partial charge on any atom is -0.481 e. The molecular weight excluding hydrogens is 349 g/mol. The molecule has 3 atom stereocenters. The van der Waals surface area contributed by atoms with Gasteiger partial charge in [-0.25, -0.2) is 9.37 Å². The summed E-state index contributed by atoms with van der Waals surface area (Å²) in [5.41, 5.74) is 0.188. The number of halogens is 3. The summed E-state index contributed by atoms with van der Waals surface area (Å²) < 4.78 is 42.2. The Morgan fingerprint density at radius 1 is 1.35 bits per heavy atom. The molecule has 2 saturated heterocycles. The van der Waals surface area contributed by atoms with Crippen LogP contribution in [0.25, 0.3) is 0 Å². The highest BCUT2D eigenvalue weighted by Gasteiger charge is 2.46. The van der Waals surface area contributed by atoms with Crippen LogP contribution in [0.5, 0.6) is 0 Å². The monoisotopic (exact) mass is 370 g/mol. The highest BCUT2D eigenvalue weighted by molar-refractivity contribution is 5.67. The van der Waals surface area contributed by atoms with Crippen LogP contribution < -0.4 is 9.80 Å². The van der Waals surface area contributed by atoms with Crippen LogP contribution in [0.3, 0.4) is 0 Å². The summed E-state index contributed by atoms with van der Waals surface area (Å²) in [4.78, 5) is 23.0. The predicted molar refractivity (Wildman–Crippen MR) is 88.5 cm³/mol. The summed E-state index contributed by atoms with van der Waals surface area (Å²) in [5.74, 6) is -3.29. The number of carbonyl (C=O) groups is 1. The van der Waals surface area contributed by atoms with E-state index in [1.54, 1.807) is 11.8 Å². The molecule has 0 unspecified atom stereocenters. The largest absolute Gasteiger partial charge is 0.481 e. The number of carboxylic acids is 1. The molecule has 6 nitrogen and oxygen atoms in total. The van der Waals surface area contributed by atoms with Gasteiger partial charge in [0, 0.05) is 31.5 Å². The van der Waals surface area contributed by atoms with Gasteiger partial charge in [0.1, 0.15) is 17.7 Å². The standard InChI is InChI=1S/C17H21F3N4O2/c1-9-12(18)8-24(9)16-21-14-11(2-4-17(14,19)20)15(22-16)23-5-3-10(7-23)6-13(25)26/h9-10,12H,2-8H2,1H3,(H,25,26)/t9-,10-,12-/m1/s1. The third kappa shape index (κ3) is 2.77. The lowest BCUT2D eigenvalue weighted by Crippen LogP contribution is -2.57. The number of nitrogens with zero attached hydrogens (tertiary/aromatic N) is 4. The number of aromatic nitrogens is 2. The molecule has 1 N–H and O–H groups in total. The molecule has 3 heterocycles. The Bertz CT molecular complexity index is 745. The quantitative estimate of drug-likeness (QED) is 0.878. The van der Waals surface area contributed by atoms with E-state index < -0.39 is 24.1 Å². The SMILES string of the molecule is C[C@@H]1[C@H](F)CN1c1nc(N2CC[C@H](CC(=O)O)C2)c2c(n1)C(F)(F)CC2. The summed E-state index contributed by atoms with van der Waals surface area (Å²) in [6.45, 7) is 2.84. The number of hydrogen-bond donors (Lipinski definition) is 1. The van der Waals surface area contributed by atoms with Gasteiger partial charge in [-0.3, -0.25) is 4.79 Å². The van der Waals surface area contributed by atoms with E-state index in [0.717, 1.165) is 0 Å². The lowest BCUT2D eigenvalue weighted by Gasteiger charge is -2.42. The van der Waals surface area contributed by atoms with E-state index >= 15 is 0 Å². The van der Waals surface area contributed by atoms with Crippen molar-refractivity contribution >= 4 is 17.7 Å². The van der Waals surface area contributed by atoms with Gasteiger partial charge in [0.05, 0.1) is 12.6 Å². The molecule has 0 amide bonds. The van der Waals surface area contributed by atoms with Crippen molar-refractivity contribution in [1.29, 1.82) is 0 Å². The van der Waals surface area contributed by atoms with E-state index in [1.807, 2.05) is 4.90 Å². The molecule has 1 aromatic heterocycles. The highest BCUT2D eigenvalue weighted by atomic mass is 19.3. The Morgan fingerprint density at radius 3 is 2.77 bits per heavy atom. The van der Waals surface area contributed by atoms with Crippen LogP contribution in [0.2, 0.25) is 0 Å². The molecule has 0 saturated carbocycles. The zero-order valence-corrected chi connectivity index (χ0v) is 14.5. The van der Waals surface area contributed by atoms with Gasteiger partial charge >= 0.3 is 5.97 Å². The van der Waals surface area contributed by atoms with Crippen molar-refractivity contribution in [3.63, 3.8) is 0 Å². The molecular formula is C17H21F3N4O2. The summed E-state index contributed by atoms with van der Waals surface area (Å²) in [6.07, 6.45) is -0.383. The number of hydrogen-bond acceptors (Lipinski definition) is 5. The fraction of sp³-hybridized carbons (Fsp3) is 0.706. The van der Waals surface area contributed by atoms with Gasteiger partial charge in [0.2, 0.25) is 5.95 Å². The van der Waals surface area contributed by atoms with Crippen molar-refractivity contribution in [1.82, 2.24) is 9.97 Å². The third-order valence-corrected chi connectivity index (χ3v) is 5.70. The van der Waals surface area contributed by atoms with E-state index in [1.165, 1.54) is 0 Å². The smallest absolute Gasteiger partial charge is 0.303 e. The van der Waals surface area contributed by atoms with Gasteiger partial charge in [-0.1, -0.05) is 0 Å². The van der Waals surface area contributed by atoms with Crippen molar-refractivity contribution in [2.24, 2.45) is 5.92 Å². The first-order valence-corrected chi connectivity index (χ1v) is 8.93. The number of fused-ring (bicyclic) bond motifs is 1. The molecule has 3 aliphatic rings. The molecule has 0 spiro atoms. The van der Waals surface area contributed by atoms with Crippen molar-refractivity contribution in [2.45, 2.75) is 50.7 Å². The minimum absolute atomic E-state index is 0.0263. The summed E-state index contributed by atoms with van der Waals surface area (Å²) in [6, 6.07) is -0.436. The van der Waals surface area contributed by atoms with Gasteiger partial charge < -0.3 is 14.9 Å². The van der Waals surface area contributed by atoms with Crippen LogP contribution in [0.4, 0.5) is 24.9 Å². The average Bonchev–Trinajstić information content (AvgIpc) is 3.15. The van der Waals surface area contributed by atoms with Crippen molar-refractivity contribution in [2.75, 3.05) is 29.4 Å².